The monoisotopic (exact) mass is 314 g/mol. The zero-order chi connectivity index (χ0) is 16.4. The summed E-state index contributed by atoms with van der Waals surface area (Å²) in [5, 5.41) is 5.87. The van der Waals surface area contributed by atoms with E-state index in [0.717, 1.165) is 11.3 Å². The number of nitrogens with one attached hydrogen (secondary N) is 2. The molecule has 2 heterocycles. The van der Waals surface area contributed by atoms with Crippen molar-refractivity contribution in [2.24, 2.45) is 0 Å². The number of aryl methyl sites for hydroxylation is 2. The van der Waals surface area contributed by atoms with E-state index in [9.17, 15) is 9.18 Å². The lowest BCUT2D eigenvalue weighted by molar-refractivity contribution is 0.102. The molecular weight excluding hydrogens is 295 g/mol. The second-order valence-electron chi connectivity index (χ2n) is 5.83. The van der Waals surface area contributed by atoms with Gasteiger partial charge in [0.2, 0.25) is 0 Å². The Morgan fingerprint density at radius 3 is 2.61 bits per heavy atom. The third-order valence-electron chi connectivity index (χ3n) is 3.88. The van der Waals surface area contributed by atoms with E-state index in [1.807, 2.05) is 31.2 Å². The quantitative estimate of drug-likeness (QED) is 0.908. The van der Waals surface area contributed by atoms with Crippen molar-refractivity contribution in [3.8, 4) is 0 Å². The number of carbonyl (C=O) groups excluding carboxylic acids is 1. The summed E-state index contributed by atoms with van der Waals surface area (Å²) >= 11 is 0. The number of alkyl halides is 1. The molecule has 2 N–H and O–H groups in total. The number of aromatic nitrogens is 2. The summed E-state index contributed by atoms with van der Waals surface area (Å²) in [5.74, 6) is 0.301. The predicted octanol–water partition coefficient (Wildman–Crippen LogP) is 2.20. The van der Waals surface area contributed by atoms with Gasteiger partial charge in [-0.3, -0.25) is 4.79 Å². The summed E-state index contributed by atoms with van der Waals surface area (Å²) in [5.41, 5.74) is 2.83. The Kier molecular flexibility index (Phi) is 4.34. The van der Waals surface area contributed by atoms with Gasteiger partial charge in [-0.1, -0.05) is 12.1 Å². The molecule has 0 unspecified atom stereocenters. The molecule has 0 bridgehead atoms. The molecule has 3 rings (SSSR count). The van der Waals surface area contributed by atoms with Gasteiger partial charge in [-0.05, 0) is 44.0 Å². The van der Waals surface area contributed by atoms with Gasteiger partial charge in [0.15, 0.2) is 0 Å². The average molecular weight is 314 g/mol. The topological polar surface area (TPSA) is 66.9 Å². The Balaban J connectivity index is 1.64. The minimum atomic E-state index is -0.765. The van der Waals surface area contributed by atoms with E-state index in [4.69, 9.17) is 0 Å². The molecule has 120 valence electrons. The molecule has 2 atom stereocenters. The molecule has 1 saturated heterocycles. The van der Waals surface area contributed by atoms with E-state index in [2.05, 4.69) is 20.6 Å². The van der Waals surface area contributed by atoms with Gasteiger partial charge < -0.3 is 10.6 Å². The second-order valence-corrected chi connectivity index (χ2v) is 5.83. The van der Waals surface area contributed by atoms with Gasteiger partial charge in [-0.2, -0.15) is 0 Å². The highest BCUT2D eigenvalue weighted by molar-refractivity contribution is 6.02. The van der Waals surface area contributed by atoms with Crippen molar-refractivity contribution >= 4 is 11.6 Å². The van der Waals surface area contributed by atoms with E-state index in [0.29, 0.717) is 30.2 Å². The maximum Gasteiger partial charge on any atom is 0.274 e. The Hall–Kier alpha value is -2.34. The first kappa shape index (κ1) is 15.6. The zero-order valence-electron chi connectivity index (χ0n) is 13.1. The zero-order valence-corrected chi connectivity index (χ0v) is 13.1. The summed E-state index contributed by atoms with van der Waals surface area (Å²) in [7, 11) is 0. The number of hydrogen-bond donors (Lipinski definition) is 2. The Bertz CT molecular complexity index is 697. The van der Waals surface area contributed by atoms with E-state index >= 15 is 0 Å². The van der Waals surface area contributed by atoms with Crippen LogP contribution in [0, 0.1) is 13.8 Å². The molecule has 1 aromatic carbocycles. The van der Waals surface area contributed by atoms with E-state index in [1.165, 1.54) is 0 Å². The van der Waals surface area contributed by atoms with Gasteiger partial charge in [0.1, 0.15) is 17.7 Å². The summed E-state index contributed by atoms with van der Waals surface area (Å²) < 4.78 is 13.2. The molecule has 6 heteroatoms. The first-order chi connectivity index (χ1) is 11.0. The van der Waals surface area contributed by atoms with Crippen molar-refractivity contribution in [3.63, 3.8) is 0 Å². The Morgan fingerprint density at radius 2 is 2.04 bits per heavy atom. The summed E-state index contributed by atoms with van der Waals surface area (Å²) in [6, 6.07) is 9.00. The largest absolute Gasteiger partial charge is 0.321 e. The van der Waals surface area contributed by atoms with Crippen molar-refractivity contribution in [2.75, 3.05) is 11.9 Å². The van der Waals surface area contributed by atoms with Crippen LogP contribution in [0.25, 0.3) is 0 Å². The Morgan fingerprint density at radius 1 is 1.30 bits per heavy atom. The number of benzene rings is 1. The lowest BCUT2D eigenvalue weighted by Gasteiger charge is -2.32. The summed E-state index contributed by atoms with van der Waals surface area (Å²) in [4.78, 5) is 20.5. The molecule has 1 aliphatic rings. The van der Waals surface area contributed by atoms with Crippen molar-refractivity contribution in [1.29, 1.82) is 0 Å². The van der Waals surface area contributed by atoms with E-state index in [-0.39, 0.29) is 11.9 Å². The molecule has 0 aliphatic carbocycles. The van der Waals surface area contributed by atoms with Gasteiger partial charge in [-0.25, -0.2) is 14.4 Å². The second kappa shape index (κ2) is 6.42. The van der Waals surface area contributed by atoms with Crippen LogP contribution in [0.2, 0.25) is 0 Å². The highest BCUT2D eigenvalue weighted by Crippen LogP contribution is 2.17. The normalized spacial score (nSPS) is 20.0. The minimum absolute atomic E-state index is 0.0950. The van der Waals surface area contributed by atoms with Gasteiger partial charge >= 0.3 is 0 Å². The molecule has 0 radical (unpaired) electrons. The van der Waals surface area contributed by atoms with Crippen LogP contribution in [0.1, 0.15) is 27.6 Å². The van der Waals surface area contributed by atoms with Crippen molar-refractivity contribution in [3.05, 3.63) is 53.1 Å². The van der Waals surface area contributed by atoms with Crippen molar-refractivity contribution < 1.29 is 9.18 Å². The fraction of sp³-hybridized carbons (Fsp3) is 0.353. The third-order valence-corrected chi connectivity index (χ3v) is 3.88. The first-order valence-corrected chi connectivity index (χ1v) is 7.61. The molecule has 1 fully saturated rings. The van der Waals surface area contributed by atoms with Crippen molar-refractivity contribution in [2.45, 2.75) is 32.5 Å². The maximum absolute atomic E-state index is 13.2. The number of anilines is 1. The maximum atomic E-state index is 13.2. The van der Waals surface area contributed by atoms with E-state index < -0.39 is 6.17 Å². The smallest absolute Gasteiger partial charge is 0.274 e. The molecule has 1 aromatic heterocycles. The van der Waals surface area contributed by atoms with E-state index in [1.54, 1.807) is 13.0 Å². The van der Waals surface area contributed by atoms with Crippen LogP contribution in [-0.4, -0.2) is 34.6 Å². The van der Waals surface area contributed by atoms with Crippen LogP contribution >= 0.6 is 0 Å². The van der Waals surface area contributed by atoms with Gasteiger partial charge in [-0.15, -0.1) is 0 Å². The van der Waals surface area contributed by atoms with Crippen LogP contribution in [-0.2, 0) is 6.42 Å². The summed E-state index contributed by atoms with van der Waals surface area (Å²) in [6.07, 6.45) is -0.113. The standard InChI is InChI=1S/C17H19FN4O/c1-10-7-16(21-11(2)20-10)17(23)22-13-5-3-12(4-6-13)8-15-14(18)9-19-15/h3-7,14-15,19H,8-9H2,1-2H3,(H,22,23)/t14-,15-/m0/s1. The third kappa shape index (κ3) is 3.71. The average Bonchev–Trinajstić information content (AvgIpc) is 2.51. The first-order valence-electron chi connectivity index (χ1n) is 7.61. The van der Waals surface area contributed by atoms with Gasteiger partial charge in [0.25, 0.3) is 5.91 Å². The van der Waals surface area contributed by atoms with Crippen LogP contribution in [0.4, 0.5) is 10.1 Å². The number of nitrogens with zero attached hydrogens (tertiary/aromatic N) is 2. The molecule has 0 saturated carbocycles. The summed E-state index contributed by atoms with van der Waals surface area (Å²) in [6.45, 7) is 4.02. The lowest BCUT2D eigenvalue weighted by atomic mass is 9.96. The number of amides is 1. The Labute approximate surface area is 134 Å². The molecule has 2 aromatic rings. The molecular formula is C17H19FN4O. The number of halogens is 1. The number of rotatable bonds is 4. The highest BCUT2D eigenvalue weighted by Gasteiger charge is 2.29. The van der Waals surface area contributed by atoms with Crippen molar-refractivity contribution in [1.82, 2.24) is 15.3 Å². The SMILES string of the molecule is Cc1cc(C(=O)Nc2ccc(C[C@@H]3NC[C@@H]3F)cc2)nc(C)n1. The lowest BCUT2D eigenvalue weighted by Crippen LogP contribution is -2.55. The van der Waals surface area contributed by atoms with Crippen LogP contribution in [0.5, 0.6) is 0 Å². The van der Waals surface area contributed by atoms with Crippen LogP contribution in [0.15, 0.2) is 30.3 Å². The van der Waals surface area contributed by atoms with Crippen LogP contribution in [0.3, 0.4) is 0 Å². The molecule has 1 amide bonds. The number of hydrogen-bond acceptors (Lipinski definition) is 4. The van der Waals surface area contributed by atoms with Gasteiger partial charge in [0.05, 0.1) is 0 Å². The fourth-order valence-corrected chi connectivity index (χ4v) is 2.58. The molecule has 0 spiro atoms. The number of carbonyl (C=O) groups is 1. The predicted molar refractivity (Wildman–Crippen MR) is 86.3 cm³/mol. The molecule has 5 nitrogen and oxygen atoms in total. The molecule has 1 aliphatic heterocycles. The highest BCUT2D eigenvalue weighted by atomic mass is 19.1. The molecule has 23 heavy (non-hydrogen) atoms. The fourth-order valence-electron chi connectivity index (χ4n) is 2.58. The minimum Gasteiger partial charge on any atom is -0.321 e. The van der Waals surface area contributed by atoms with Crippen LogP contribution < -0.4 is 10.6 Å². The van der Waals surface area contributed by atoms with Gasteiger partial charge in [0, 0.05) is 24.0 Å².